The third-order valence-corrected chi connectivity index (χ3v) is 4.26. The number of nitrogens with one attached hydrogen (secondary N) is 1. The van der Waals surface area contributed by atoms with E-state index in [4.69, 9.17) is 0 Å². The number of aryl methyl sites for hydroxylation is 2. The van der Waals surface area contributed by atoms with Crippen molar-refractivity contribution >= 4 is 28.1 Å². The number of hydrogen-bond acceptors (Lipinski definition) is 5. The second-order valence-corrected chi connectivity index (χ2v) is 5.72. The number of hydrogen-bond donors (Lipinski definition) is 1. The van der Waals surface area contributed by atoms with Crippen LogP contribution in [0.2, 0.25) is 0 Å². The van der Waals surface area contributed by atoms with Crippen LogP contribution in [-0.4, -0.2) is 18.1 Å². The number of carbonyl (C=O) groups excluding carboxylic acids is 1. The van der Waals surface area contributed by atoms with Crippen LogP contribution in [0.25, 0.3) is 0 Å². The maximum atomic E-state index is 11.2. The molecule has 0 fully saturated rings. The molecule has 1 heterocycles. The molecule has 1 aliphatic rings. The number of anilines is 2. The molecule has 1 aliphatic carbocycles. The predicted molar refractivity (Wildman–Crippen MR) is 79.6 cm³/mol. The van der Waals surface area contributed by atoms with Crippen molar-refractivity contribution in [2.24, 2.45) is 0 Å². The van der Waals surface area contributed by atoms with Crippen molar-refractivity contribution in [2.75, 3.05) is 12.4 Å². The fourth-order valence-corrected chi connectivity index (χ4v) is 3.17. The van der Waals surface area contributed by atoms with Crippen LogP contribution in [0.4, 0.5) is 10.8 Å². The van der Waals surface area contributed by atoms with E-state index >= 15 is 0 Å². The van der Waals surface area contributed by atoms with Crippen molar-refractivity contribution in [3.05, 3.63) is 40.4 Å². The first kappa shape index (κ1) is 13.1. The van der Waals surface area contributed by atoms with Crippen LogP contribution in [0.15, 0.2) is 23.6 Å². The van der Waals surface area contributed by atoms with Crippen LogP contribution in [0.5, 0.6) is 0 Å². The fraction of sp³-hybridized carbons (Fsp3) is 0.333. The van der Waals surface area contributed by atoms with Gasteiger partial charge in [-0.25, -0.2) is 4.98 Å². The van der Waals surface area contributed by atoms with Crippen molar-refractivity contribution in [3.63, 3.8) is 0 Å². The summed E-state index contributed by atoms with van der Waals surface area (Å²) in [5.41, 5.74) is 4.69. The first-order chi connectivity index (χ1) is 9.74. The highest BCUT2D eigenvalue weighted by molar-refractivity contribution is 7.13. The molecule has 104 valence electrons. The molecule has 0 spiro atoms. The molecule has 0 radical (unpaired) electrons. The van der Waals surface area contributed by atoms with E-state index in [1.165, 1.54) is 42.4 Å². The lowest BCUT2D eigenvalue weighted by Gasteiger charge is -2.05. The van der Waals surface area contributed by atoms with Crippen molar-refractivity contribution in [2.45, 2.75) is 25.7 Å². The molecular weight excluding hydrogens is 272 g/mol. The molecule has 20 heavy (non-hydrogen) atoms. The summed E-state index contributed by atoms with van der Waals surface area (Å²) < 4.78 is 4.64. The number of ether oxygens (including phenoxy) is 1. The van der Waals surface area contributed by atoms with Gasteiger partial charge in [0.25, 0.3) is 0 Å². The van der Waals surface area contributed by atoms with Crippen molar-refractivity contribution in [1.82, 2.24) is 4.98 Å². The number of methoxy groups -OCH3 is 1. The zero-order chi connectivity index (χ0) is 13.9. The van der Waals surface area contributed by atoms with E-state index in [-0.39, 0.29) is 12.4 Å². The summed E-state index contributed by atoms with van der Waals surface area (Å²) in [6.45, 7) is 0. The highest BCUT2D eigenvalue weighted by atomic mass is 32.1. The van der Waals surface area contributed by atoms with Gasteiger partial charge in [0.2, 0.25) is 0 Å². The average Bonchev–Trinajstić information content (AvgIpc) is 3.07. The SMILES string of the molecule is COC(=O)Cc1csc(Nc2ccc3c(c2)CCC3)n1. The molecule has 0 amide bonds. The van der Waals surface area contributed by atoms with Crippen LogP contribution in [-0.2, 0) is 28.8 Å². The summed E-state index contributed by atoms with van der Waals surface area (Å²) >= 11 is 1.50. The molecule has 0 aliphatic heterocycles. The van der Waals surface area contributed by atoms with E-state index < -0.39 is 0 Å². The summed E-state index contributed by atoms with van der Waals surface area (Å²) in [5.74, 6) is -0.264. The van der Waals surface area contributed by atoms with Gasteiger partial charge < -0.3 is 10.1 Å². The number of esters is 1. The zero-order valence-corrected chi connectivity index (χ0v) is 12.1. The van der Waals surface area contributed by atoms with Gasteiger partial charge in [-0.3, -0.25) is 4.79 Å². The monoisotopic (exact) mass is 288 g/mol. The van der Waals surface area contributed by atoms with E-state index in [0.29, 0.717) is 0 Å². The zero-order valence-electron chi connectivity index (χ0n) is 11.3. The topological polar surface area (TPSA) is 51.2 Å². The van der Waals surface area contributed by atoms with Gasteiger partial charge in [-0.15, -0.1) is 11.3 Å². The largest absolute Gasteiger partial charge is 0.469 e. The highest BCUT2D eigenvalue weighted by Crippen LogP contribution is 2.27. The maximum absolute atomic E-state index is 11.2. The van der Waals surface area contributed by atoms with Gasteiger partial charge in [0.15, 0.2) is 5.13 Å². The summed E-state index contributed by atoms with van der Waals surface area (Å²) in [4.78, 5) is 15.6. The molecule has 0 saturated carbocycles. The van der Waals surface area contributed by atoms with Crippen LogP contribution >= 0.6 is 11.3 Å². The number of thiazole rings is 1. The Bertz CT molecular complexity index is 637. The molecule has 0 saturated heterocycles. The molecule has 1 N–H and O–H groups in total. The minimum atomic E-state index is -0.264. The molecule has 0 atom stereocenters. The Hall–Kier alpha value is -1.88. The Kier molecular flexibility index (Phi) is 3.69. The van der Waals surface area contributed by atoms with Crippen molar-refractivity contribution in [1.29, 1.82) is 0 Å². The summed E-state index contributed by atoms with van der Waals surface area (Å²) in [5, 5.41) is 5.99. The Labute approximate surface area is 121 Å². The number of rotatable bonds is 4. The summed E-state index contributed by atoms with van der Waals surface area (Å²) in [6.07, 6.45) is 3.82. The number of nitrogens with zero attached hydrogens (tertiary/aromatic N) is 1. The third kappa shape index (κ3) is 2.82. The molecule has 1 aromatic carbocycles. The third-order valence-electron chi connectivity index (χ3n) is 3.45. The lowest BCUT2D eigenvalue weighted by atomic mass is 10.1. The standard InChI is InChI=1S/C15H16N2O2S/c1-19-14(18)8-13-9-20-15(17-13)16-12-6-5-10-3-2-4-11(10)7-12/h5-7,9H,2-4,8H2,1H3,(H,16,17). The fourth-order valence-electron chi connectivity index (χ4n) is 2.44. The molecule has 3 rings (SSSR count). The van der Waals surface area contributed by atoms with E-state index in [2.05, 4.69) is 33.2 Å². The van der Waals surface area contributed by atoms with Crippen LogP contribution in [0, 0.1) is 0 Å². The summed E-state index contributed by atoms with van der Waals surface area (Å²) in [7, 11) is 1.39. The first-order valence-corrected chi connectivity index (χ1v) is 7.52. The van der Waals surface area contributed by atoms with E-state index in [0.717, 1.165) is 22.9 Å². The Morgan fingerprint density at radius 3 is 3.10 bits per heavy atom. The van der Waals surface area contributed by atoms with Crippen LogP contribution in [0.3, 0.4) is 0 Å². The number of aromatic nitrogens is 1. The maximum Gasteiger partial charge on any atom is 0.311 e. The Morgan fingerprint density at radius 1 is 1.40 bits per heavy atom. The normalized spacial score (nSPS) is 13.1. The average molecular weight is 288 g/mol. The lowest BCUT2D eigenvalue weighted by Crippen LogP contribution is -2.04. The number of benzene rings is 1. The van der Waals surface area contributed by atoms with Gasteiger partial charge in [0.1, 0.15) is 0 Å². The molecule has 1 aromatic heterocycles. The Morgan fingerprint density at radius 2 is 2.25 bits per heavy atom. The van der Waals surface area contributed by atoms with Crippen LogP contribution in [0.1, 0.15) is 23.2 Å². The Balaban J connectivity index is 1.70. The van der Waals surface area contributed by atoms with Crippen molar-refractivity contribution in [3.8, 4) is 0 Å². The van der Waals surface area contributed by atoms with Gasteiger partial charge in [-0.05, 0) is 42.5 Å². The van der Waals surface area contributed by atoms with Gasteiger partial charge in [0, 0.05) is 11.1 Å². The first-order valence-electron chi connectivity index (χ1n) is 6.64. The number of carbonyl (C=O) groups is 1. The second kappa shape index (κ2) is 5.63. The van der Waals surface area contributed by atoms with E-state index in [1.54, 1.807) is 0 Å². The molecule has 0 bridgehead atoms. The minimum absolute atomic E-state index is 0.221. The second-order valence-electron chi connectivity index (χ2n) is 4.86. The molecule has 5 heteroatoms. The predicted octanol–water partition coefficient (Wildman–Crippen LogP) is 3.09. The minimum Gasteiger partial charge on any atom is -0.469 e. The van der Waals surface area contributed by atoms with Gasteiger partial charge in [-0.1, -0.05) is 6.07 Å². The quantitative estimate of drug-likeness (QED) is 0.878. The molecule has 2 aromatic rings. The van der Waals surface area contributed by atoms with Gasteiger partial charge in [0.05, 0.1) is 19.2 Å². The smallest absolute Gasteiger partial charge is 0.311 e. The van der Waals surface area contributed by atoms with Crippen molar-refractivity contribution < 1.29 is 9.53 Å². The molecule has 4 nitrogen and oxygen atoms in total. The van der Waals surface area contributed by atoms with Crippen LogP contribution < -0.4 is 5.32 Å². The summed E-state index contributed by atoms with van der Waals surface area (Å²) in [6, 6.07) is 6.48. The highest BCUT2D eigenvalue weighted by Gasteiger charge is 2.12. The molecule has 0 unspecified atom stereocenters. The van der Waals surface area contributed by atoms with Gasteiger partial charge >= 0.3 is 5.97 Å². The number of fused-ring (bicyclic) bond motifs is 1. The molecular formula is C15H16N2O2S. The van der Waals surface area contributed by atoms with Gasteiger partial charge in [-0.2, -0.15) is 0 Å². The van der Waals surface area contributed by atoms with E-state index in [1.807, 2.05) is 5.38 Å². The van der Waals surface area contributed by atoms with E-state index in [9.17, 15) is 4.79 Å². The lowest BCUT2D eigenvalue weighted by molar-refractivity contribution is -0.139.